The molecule has 0 aliphatic heterocycles. The fourth-order valence-corrected chi connectivity index (χ4v) is 3.81. The van der Waals surface area contributed by atoms with Crippen LogP contribution in [0.3, 0.4) is 0 Å². The number of hydrogen-bond acceptors (Lipinski definition) is 5. The van der Waals surface area contributed by atoms with Gasteiger partial charge in [0.1, 0.15) is 5.75 Å². The van der Waals surface area contributed by atoms with E-state index in [1.807, 2.05) is 12.2 Å². The maximum atomic E-state index is 12.4. The first-order chi connectivity index (χ1) is 13.0. The summed E-state index contributed by atoms with van der Waals surface area (Å²) < 4.78 is 5.54. The average molecular weight is 371 g/mol. The van der Waals surface area contributed by atoms with Crippen LogP contribution in [-0.2, 0) is 9.59 Å². The van der Waals surface area contributed by atoms with Gasteiger partial charge in [-0.1, -0.05) is 25.5 Å². The van der Waals surface area contributed by atoms with Crippen LogP contribution >= 0.6 is 0 Å². The van der Waals surface area contributed by atoms with Gasteiger partial charge in [-0.05, 0) is 48.9 Å². The monoisotopic (exact) mass is 371 g/mol. The Morgan fingerprint density at radius 1 is 1.07 bits per heavy atom. The van der Waals surface area contributed by atoms with Gasteiger partial charge in [0.2, 0.25) is 5.91 Å². The normalized spacial score (nSPS) is 25.2. The number of hydrazine groups is 1. The van der Waals surface area contributed by atoms with Crippen LogP contribution in [0.2, 0.25) is 0 Å². The molecule has 2 aliphatic carbocycles. The summed E-state index contributed by atoms with van der Waals surface area (Å²) in [4.78, 5) is 36.0. The van der Waals surface area contributed by atoms with Crippen molar-refractivity contribution < 1.29 is 24.2 Å². The molecule has 1 aromatic carbocycles. The van der Waals surface area contributed by atoms with E-state index < -0.39 is 29.6 Å². The number of aliphatic carboxylic acids is 1. The maximum absolute atomic E-state index is 12.4. The van der Waals surface area contributed by atoms with Crippen LogP contribution in [0.15, 0.2) is 36.4 Å². The van der Waals surface area contributed by atoms with E-state index in [2.05, 4.69) is 17.8 Å². The number of amides is 2. The number of benzene rings is 1. The van der Waals surface area contributed by atoms with Crippen molar-refractivity contribution in [3.63, 3.8) is 0 Å². The highest BCUT2D eigenvalue weighted by Crippen LogP contribution is 2.47. The topological polar surface area (TPSA) is 108 Å². The van der Waals surface area contributed by atoms with Gasteiger partial charge in [0.15, 0.2) is 0 Å². The van der Waals surface area contributed by atoms with Gasteiger partial charge in [-0.2, -0.15) is 0 Å². The Morgan fingerprint density at radius 2 is 1.74 bits per heavy atom. The van der Waals surface area contributed by atoms with E-state index in [4.69, 9.17) is 4.74 Å². The summed E-state index contributed by atoms with van der Waals surface area (Å²) in [7, 11) is 0. The molecule has 2 bridgehead atoms. The van der Waals surface area contributed by atoms with Gasteiger partial charge in [0.05, 0.1) is 12.5 Å². The molecule has 2 amide bonds. The van der Waals surface area contributed by atoms with Crippen molar-refractivity contribution in [1.29, 1.82) is 0 Å². The van der Waals surface area contributed by atoms with Gasteiger partial charge in [0, 0.05) is 17.5 Å². The van der Waals surface area contributed by atoms with Crippen LogP contribution in [0, 0.1) is 23.7 Å². The quantitative estimate of drug-likeness (QED) is 0.419. The van der Waals surface area contributed by atoms with Crippen molar-refractivity contribution in [3.8, 4) is 5.75 Å². The molecule has 7 heteroatoms. The van der Waals surface area contributed by atoms with Crippen LogP contribution < -0.4 is 20.7 Å². The average Bonchev–Trinajstić information content (AvgIpc) is 3.28. The largest absolute Gasteiger partial charge is 0.550 e. The van der Waals surface area contributed by atoms with E-state index in [0.717, 1.165) is 12.8 Å². The van der Waals surface area contributed by atoms with Gasteiger partial charge in [-0.3, -0.25) is 20.4 Å². The van der Waals surface area contributed by atoms with Crippen molar-refractivity contribution in [3.05, 3.63) is 42.0 Å². The number of carbonyl (C=O) groups is 3. The fraction of sp³-hybridized carbons (Fsp3) is 0.450. The van der Waals surface area contributed by atoms with Crippen molar-refractivity contribution in [2.45, 2.75) is 26.2 Å². The van der Waals surface area contributed by atoms with E-state index in [1.54, 1.807) is 24.3 Å². The Kier molecular flexibility index (Phi) is 5.78. The van der Waals surface area contributed by atoms with E-state index in [0.29, 0.717) is 24.3 Å². The molecule has 4 atom stereocenters. The zero-order valence-electron chi connectivity index (χ0n) is 15.1. The van der Waals surface area contributed by atoms with Crippen LogP contribution in [0.4, 0.5) is 0 Å². The number of ether oxygens (including phenoxy) is 1. The number of hydrogen-bond donors (Lipinski definition) is 2. The second-order valence-corrected chi connectivity index (χ2v) is 6.99. The molecule has 2 N–H and O–H groups in total. The number of carboxylic acid groups (broad SMARTS) is 1. The van der Waals surface area contributed by atoms with E-state index in [1.165, 1.54) is 0 Å². The molecular weight excluding hydrogens is 348 g/mol. The summed E-state index contributed by atoms with van der Waals surface area (Å²) in [6, 6.07) is 6.60. The van der Waals surface area contributed by atoms with Gasteiger partial charge < -0.3 is 14.6 Å². The lowest BCUT2D eigenvalue weighted by Gasteiger charge is -2.27. The summed E-state index contributed by atoms with van der Waals surface area (Å²) >= 11 is 0. The predicted octanol–water partition coefficient (Wildman–Crippen LogP) is 0.815. The van der Waals surface area contributed by atoms with Gasteiger partial charge in [-0.15, -0.1) is 0 Å². The number of allylic oxidation sites excluding steroid dienone is 2. The molecular formula is C20H23N2O5-. The molecule has 27 heavy (non-hydrogen) atoms. The number of rotatable bonds is 7. The number of carboxylic acids is 1. The SMILES string of the molecule is CCCCOc1ccc(C(=O)NNC(=O)[C@H]2[C@@H](C(=O)[O-])[C@@H]3C=C[C@H]2C3)cc1. The Labute approximate surface area is 157 Å². The van der Waals surface area contributed by atoms with Crippen LogP contribution in [-0.4, -0.2) is 24.4 Å². The second kappa shape index (κ2) is 8.24. The molecule has 1 aromatic rings. The fourth-order valence-electron chi connectivity index (χ4n) is 3.81. The van der Waals surface area contributed by atoms with Crippen LogP contribution in [0.1, 0.15) is 36.5 Å². The summed E-state index contributed by atoms with van der Waals surface area (Å²) in [6.07, 6.45) is 6.33. The summed E-state index contributed by atoms with van der Waals surface area (Å²) in [5.74, 6) is -3.41. The molecule has 3 rings (SSSR count). The minimum Gasteiger partial charge on any atom is -0.550 e. The number of unbranched alkanes of at least 4 members (excludes halogenated alkanes) is 1. The minimum atomic E-state index is -1.23. The van der Waals surface area contributed by atoms with E-state index in [9.17, 15) is 19.5 Å². The Balaban J connectivity index is 1.53. The molecule has 0 unspecified atom stereocenters. The van der Waals surface area contributed by atoms with Crippen LogP contribution in [0.5, 0.6) is 5.75 Å². The zero-order chi connectivity index (χ0) is 19.4. The molecule has 7 nitrogen and oxygen atoms in total. The Hall–Kier alpha value is -2.83. The number of fused-ring (bicyclic) bond motifs is 2. The summed E-state index contributed by atoms with van der Waals surface area (Å²) in [5.41, 5.74) is 5.07. The van der Waals surface area contributed by atoms with Crippen molar-refractivity contribution in [1.82, 2.24) is 10.9 Å². The van der Waals surface area contributed by atoms with Crippen LogP contribution in [0.25, 0.3) is 0 Å². The first-order valence-corrected chi connectivity index (χ1v) is 9.23. The van der Waals surface area contributed by atoms with Crippen molar-refractivity contribution in [2.75, 3.05) is 6.61 Å². The summed E-state index contributed by atoms with van der Waals surface area (Å²) in [6.45, 7) is 2.70. The highest BCUT2D eigenvalue weighted by molar-refractivity contribution is 5.96. The lowest BCUT2D eigenvalue weighted by Crippen LogP contribution is -2.50. The molecule has 0 aromatic heterocycles. The van der Waals surface area contributed by atoms with E-state index in [-0.39, 0.29) is 11.8 Å². The van der Waals surface area contributed by atoms with Gasteiger partial charge >= 0.3 is 0 Å². The highest BCUT2D eigenvalue weighted by atomic mass is 16.5. The third-order valence-corrected chi connectivity index (χ3v) is 5.22. The Morgan fingerprint density at radius 3 is 2.37 bits per heavy atom. The lowest BCUT2D eigenvalue weighted by atomic mass is 9.82. The van der Waals surface area contributed by atoms with Gasteiger partial charge in [0.25, 0.3) is 5.91 Å². The van der Waals surface area contributed by atoms with Gasteiger partial charge in [-0.25, -0.2) is 0 Å². The summed E-state index contributed by atoms with van der Waals surface area (Å²) in [5, 5.41) is 11.4. The predicted molar refractivity (Wildman–Crippen MR) is 95.2 cm³/mol. The van der Waals surface area contributed by atoms with E-state index >= 15 is 0 Å². The number of carbonyl (C=O) groups excluding carboxylic acids is 3. The minimum absolute atomic E-state index is 0.130. The first kappa shape index (κ1) is 18.9. The molecule has 0 saturated heterocycles. The number of nitrogens with one attached hydrogen (secondary N) is 2. The molecule has 144 valence electrons. The lowest BCUT2D eigenvalue weighted by molar-refractivity contribution is -0.313. The highest BCUT2D eigenvalue weighted by Gasteiger charge is 2.48. The molecule has 0 heterocycles. The zero-order valence-corrected chi connectivity index (χ0v) is 15.1. The first-order valence-electron chi connectivity index (χ1n) is 9.23. The molecule has 1 saturated carbocycles. The molecule has 2 aliphatic rings. The Bertz CT molecular complexity index is 743. The molecule has 0 radical (unpaired) electrons. The standard InChI is InChI=1S/C20H24N2O5/c1-2-3-10-27-15-8-6-12(7-9-15)18(23)21-22-19(24)16-13-4-5-14(11-13)17(16)20(25)26/h4-9,13-14,16-17H,2-3,10-11H2,1H3,(H,21,23)(H,22,24)(H,25,26)/p-1/t13-,14+,16+,17-/m0/s1. The second-order valence-electron chi connectivity index (χ2n) is 6.99. The molecule has 0 spiro atoms. The third-order valence-electron chi connectivity index (χ3n) is 5.22. The maximum Gasteiger partial charge on any atom is 0.269 e. The molecule has 1 fully saturated rings. The van der Waals surface area contributed by atoms with Crippen molar-refractivity contribution in [2.24, 2.45) is 23.7 Å². The third kappa shape index (κ3) is 4.13. The van der Waals surface area contributed by atoms with Crippen molar-refractivity contribution >= 4 is 17.8 Å². The smallest absolute Gasteiger partial charge is 0.269 e.